The molecule has 0 bridgehead atoms. The average molecular weight is 397 g/mol. The lowest BCUT2D eigenvalue weighted by Gasteiger charge is -2.37. The predicted octanol–water partition coefficient (Wildman–Crippen LogP) is 0.642. The lowest BCUT2D eigenvalue weighted by Crippen LogP contribution is -2.60. The van der Waals surface area contributed by atoms with Crippen LogP contribution in [-0.2, 0) is 9.53 Å². The van der Waals surface area contributed by atoms with Crippen LogP contribution >= 0.6 is 0 Å². The van der Waals surface area contributed by atoms with Gasteiger partial charge in [0.2, 0.25) is 18.2 Å². The SMILES string of the molecule is CCC1C(=O)NCCN1C1NC=C(c2cccc(N(N)C3=NCC=C(C)N3)c2)O1. The first kappa shape index (κ1) is 19.3. The summed E-state index contributed by atoms with van der Waals surface area (Å²) in [6.07, 6.45) is 4.20. The third kappa shape index (κ3) is 3.92. The number of piperazine rings is 1. The minimum absolute atomic E-state index is 0.0449. The first-order valence-corrected chi connectivity index (χ1v) is 9.86. The van der Waals surface area contributed by atoms with E-state index in [-0.39, 0.29) is 18.3 Å². The Balaban J connectivity index is 1.47. The Bertz CT molecular complexity index is 879. The van der Waals surface area contributed by atoms with Gasteiger partial charge < -0.3 is 20.7 Å². The average Bonchev–Trinajstić information content (AvgIpc) is 3.23. The molecule has 0 spiro atoms. The summed E-state index contributed by atoms with van der Waals surface area (Å²) < 4.78 is 6.15. The number of amides is 1. The van der Waals surface area contributed by atoms with E-state index in [9.17, 15) is 4.79 Å². The summed E-state index contributed by atoms with van der Waals surface area (Å²) >= 11 is 0. The maximum atomic E-state index is 12.1. The van der Waals surface area contributed by atoms with Crippen LogP contribution in [0.4, 0.5) is 5.69 Å². The number of anilines is 1. The molecule has 9 nitrogen and oxygen atoms in total. The molecule has 1 amide bonds. The van der Waals surface area contributed by atoms with Crippen molar-refractivity contribution in [3.05, 3.63) is 47.8 Å². The number of carbonyl (C=O) groups is 1. The van der Waals surface area contributed by atoms with E-state index in [0.29, 0.717) is 24.8 Å². The van der Waals surface area contributed by atoms with Crippen molar-refractivity contribution >= 4 is 23.3 Å². The van der Waals surface area contributed by atoms with Gasteiger partial charge in [-0.2, -0.15) is 0 Å². The van der Waals surface area contributed by atoms with Gasteiger partial charge in [0.05, 0.1) is 18.3 Å². The first-order valence-electron chi connectivity index (χ1n) is 9.86. The van der Waals surface area contributed by atoms with Gasteiger partial charge in [0, 0.05) is 30.5 Å². The lowest BCUT2D eigenvalue weighted by molar-refractivity contribution is -0.136. The van der Waals surface area contributed by atoms with Crippen molar-refractivity contribution in [2.45, 2.75) is 32.7 Å². The number of nitrogens with zero attached hydrogens (tertiary/aromatic N) is 3. The molecule has 2 atom stereocenters. The number of guanidine groups is 1. The van der Waals surface area contributed by atoms with E-state index in [4.69, 9.17) is 10.6 Å². The van der Waals surface area contributed by atoms with Crippen molar-refractivity contribution < 1.29 is 9.53 Å². The van der Waals surface area contributed by atoms with Crippen LogP contribution in [-0.4, -0.2) is 48.8 Å². The van der Waals surface area contributed by atoms with E-state index in [1.54, 1.807) is 0 Å². The molecule has 0 saturated carbocycles. The molecule has 4 rings (SSSR count). The highest BCUT2D eigenvalue weighted by Crippen LogP contribution is 2.27. The molecule has 3 heterocycles. The summed E-state index contributed by atoms with van der Waals surface area (Å²) in [6, 6.07) is 7.57. The molecular formula is C20H27N7O2. The molecule has 29 heavy (non-hydrogen) atoms. The quantitative estimate of drug-likeness (QED) is 0.436. The van der Waals surface area contributed by atoms with E-state index in [1.807, 2.05) is 50.4 Å². The molecule has 154 valence electrons. The van der Waals surface area contributed by atoms with Gasteiger partial charge in [-0.3, -0.25) is 4.79 Å². The minimum Gasteiger partial charge on any atom is -0.455 e. The predicted molar refractivity (Wildman–Crippen MR) is 112 cm³/mol. The number of hydrogen-bond acceptors (Lipinski definition) is 8. The normalized spacial score (nSPS) is 24.4. The summed E-state index contributed by atoms with van der Waals surface area (Å²) in [7, 11) is 0. The second-order valence-corrected chi connectivity index (χ2v) is 7.20. The first-order chi connectivity index (χ1) is 14.1. The van der Waals surface area contributed by atoms with Crippen molar-refractivity contribution in [2.24, 2.45) is 10.8 Å². The van der Waals surface area contributed by atoms with Gasteiger partial charge >= 0.3 is 0 Å². The minimum atomic E-state index is -0.365. The molecule has 0 radical (unpaired) electrons. The zero-order valence-electron chi connectivity index (χ0n) is 16.7. The smallest absolute Gasteiger partial charge is 0.237 e. The standard InChI is InChI=1S/C20H27N7O2/c1-3-16-18(28)22-9-10-26(16)20-24-12-17(29-20)14-5-4-6-15(11-14)27(21)19-23-8-7-13(2)25-19/h4-7,11-12,16,20,24H,3,8-10,21H2,1-2H3,(H,22,28)(H,23,25). The molecule has 9 heteroatoms. The molecule has 1 fully saturated rings. The van der Waals surface area contributed by atoms with E-state index in [2.05, 4.69) is 25.8 Å². The van der Waals surface area contributed by atoms with Gasteiger partial charge in [0.25, 0.3) is 0 Å². The Hall–Kier alpha value is -3.04. The number of hydrogen-bond donors (Lipinski definition) is 4. The van der Waals surface area contributed by atoms with Gasteiger partial charge in [-0.15, -0.1) is 0 Å². The highest BCUT2D eigenvalue weighted by molar-refractivity contribution is 5.96. The molecule has 0 aliphatic carbocycles. The van der Waals surface area contributed by atoms with Gasteiger partial charge in [-0.25, -0.2) is 20.7 Å². The maximum Gasteiger partial charge on any atom is 0.237 e. The molecular weight excluding hydrogens is 370 g/mol. The van der Waals surface area contributed by atoms with Crippen LogP contribution in [0, 0.1) is 0 Å². The lowest BCUT2D eigenvalue weighted by atomic mass is 10.1. The van der Waals surface area contributed by atoms with Crippen molar-refractivity contribution in [3.63, 3.8) is 0 Å². The van der Waals surface area contributed by atoms with Crippen molar-refractivity contribution in [3.8, 4) is 0 Å². The summed E-state index contributed by atoms with van der Waals surface area (Å²) in [4.78, 5) is 18.6. The van der Waals surface area contributed by atoms with E-state index >= 15 is 0 Å². The highest BCUT2D eigenvalue weighted by Gasteiger charge is 2.36. The fraction of sp³-hybridized carbons (Fsp3) is 0.400. The van der Waals surface area contributed by atoms with Gasteiger partial charge in [0.1, 0.15) is 5.76 Å². The summed E-state index contributed by atoms with van der Waals surface area (Å²) in [5.41, 5.74) is 2.71. The van der Waals surface area contributed by atoms with E-state index in [1.165, 1.54) is 5.01 Å². The Morgan fingerprint density at radius 2 is 2.28 bits per heavy atom. The van der Waals surface area contributed by atoms with Gasteiger partial charge in [0.15, 0.2) is 0 Å². The molecule has 2 unspecified atom stereocenters. The maximum absolute atomic E-state index is 12.1. The third-order valence-electron chi connectivity index (χ3n) is 5.24. The largest absolute Gasteiger partial charge is 0.455 e. The Labute approximate surface area is 170 Å². The highest BCUT2D eigenvalue weighted by atomic mass is 16.5. The van der Waals surface area contributed by atoms with Crippen molar-refractivity contribution in [1.82, 2.24) is 20.9 Å². The topological polar surface area (TPSA) is 107 Å². The van der Waals surface area contributed by atoms with Crippen LogP contribution in [0.1, 0.15) is 25.8 Å². The molecule has 1 aromatic rings. The van der Waals surface area contributed by atoms with Crippen LogP contribution in [0.3, 0.4) is 0 Å². The number of carbonyl (C=O) groups excluding carboxylic acids is 1. The van der Waals surface area contributed by atoms with Crippen LogP contribution in [0.2, 0.25) is 0 Å². The van der Waals surface area contributed by atoms with Crippen molar-refractivity contribution in [2.75, 3.05) is 24.6 Å². The summed E-state index contributed by atoms with van der Waals surface area (Å²) in [5.74, 6) is 7.63. The number of nitrogens with two attached hydrogens (primary N) is 1. The number of ether oxygens (including phenoxy) is 1. The van der Waals surface area contributed by atoms with Gasteiger partial charge in [-0.05, 0) is 31.6 Å². The van der Waals surface area contributed by atoms with Crippen LogP contribution < -0.4 is 26.8 Å². The van der Waals surface area contributed by atoms with Crippen LogP contribution in [0.15, 0.2) is 47.2 Å². The Morgan fingerprint density at radius 1 is 1.41 bits per heavy atom. The van der Waals surface area contributed by atoms with Crippen LogP contribution in [0.25, 0.3) is 5.76 Å². The second-order valence-electron chi connectivity index (χ2n) is 7.20. The number of allylic oxidation sites excluding steroid dienone is 1. The molecule has 0 aromatic heterocycles. The zero-order valence-corrected chi connectivity index (χ0v) is 16.7. The second kappa shape index (κ2) is 8.14. The van der Waals surface area contributed by atoms with E-state index < -0.39 is 0 Å². The molecule has 1 saturated heterocycles. The number of aliphatic imine (C=N–C) groups is 1. The van der Waals surface area contributed by atoms with E-state index in [0.717, 1.165) is 29.9 Å². The summed E-state index contributed by atoms with van der Waals surface area (Å²) in [6.45, 7) is 5.94. The monoisotopic (exact) mass is 397 g/mol. The van der Waals surface area contributed by atoms with Crippen LogP contribution in [0.5, 0.6) is 0 Å². The molecule has 3 aliphatic heterocycles. The van der Waals surface area contributed by atoms with Crippen molar-refractivity contribution in [1.29, 1.82) is 0 Å². The molecule has 5 N–H and O–H groups in total. The number of benzene rings is 1. The fourth-order valence-electron chi connectivity index (χ4n) is 3.69. The summed E-state index contributed by atoms with van der Waals surface area (Å²) in [5, 5.41) is 10.9. The van der Waals surface area contributed by atoms with Gasteiger partial charge in [-0.1, -0.05) is 19.1 Å². The molecule has 3 aliphatic rings. The fourth-order valence-corrected chi connectivity index (χ4v) is 3.69. The number of rotatable bonds is 4. The molecule has 1 aromatic carbocycles. The third-order valence-corrected chi connectivity index (χ3v) is 5.24. The Kier molecular flexibility index (Phi) is 5.41. The number of nitrogens with one attached hydrogen (secondary N) is 3. The Morgan fingerprint density at radius 3 is 3.07 bits per heavy atom. The zero-order chi connectivity index (χ0) is 20.4. The number of hydrazine groups is 1.